The molecule has 1 aromatic heterocycles. The van der Waals surface area contributed by atoms with Crippen LogP contribution < -0.4 is 0 Å². The van der Waals surface area contributed by atoms with Gasteiger partial charge in [-0.1, -0.05) is 18.5 Å². The molecule has 0 N–H and O–H groups in total. The van der Waals surface area contributed by atoms with Gasteiger partial charge < -0.3 is 9.47 Å². The molecule has 1 fully saturated rings. The van der Waals surface area contributed by atoms with Crippen molar-refractivity contribution in [2.75, 3.05) is 13.1 Å². The highest BCUT2D eigenvalue weighted by molar-refractivity contribution is 6.33. The topological polar surface area (TPSA) is 38.1 Å². The monoisotopic (exact) mass is 335 g/mol. The lowest BCUT2D eigenvalue weighted by molar-refractivity contribution is 0.0678. The van der Waals surface area contributed by atoms with Crippen molar-refractivity contribution in [2.45, 2.75) is 32.2 Å². The molecule has 0 bridgehead atoms. The molecular weight excluding hydrogens is 317 g/mol. The van der Waals surface area contributed by atoms with Gasteiger partial charge in [-0.15, -0.1) is 0 Å². The summed E-state index contributed by atoms with van der Waals surface area (Å²) < 4.78 is 15.3. The molecule has 2 heterocycles. The first-order valence-electron chi connectivity index (χ1n) is 7.86. The van der Waals surface area contributed by atoms with Crippen LogP contribution in [-0.4, -0.2) is 33.4 Å². The molecular formula is C17H19ClFN3O. The van der Waals surface area contributed by atoms with E-state index < -0.39 is 5.82 Å². The molecule has 0 saturated carbocycles. The fourth-order valence-electron chi connectivity index (χ4n) is 3.15. The Morgan fingerprint density at radius 2 is 2.30 bits per heavy atom. The normalized spacial score (nSPS) is 18.2. The number of benzene rings is 1. The standard InChI is InChI=1S/C17H19ClFN3O/c1-2-16-20-7-9-22(16)13-4-3-8-21(11-13)17(23)14-6-5-12(19)10-15(14)18/h5-7,9-10,13H,2-4,8,11H2,1H3/t13-/m0/s1. The quantitative estimate of drug-likeness (QED) is 0.857. The smallest absolute Gasteiger partial charge is 0.255 e. The highest BCUT2D eigenvalue weighted by Gasteiger charge is 2.27. The van der Waals surface area contributed by atoms with E-state index in [2.05, 4.69) is 16.5 Å². The van der Waals surface area contributed by atoms with Crippen LogP contribution in [0.1, 0.15) is 42.0 Å². The highest BCUT2D eigenvalue weighted by Crippen LogP contribution is 2.26. The summed E-state index contributed by atoms with van der Waals surface area (Å²) >= 11 is 6.02. The van der Waals surface area contributed by atoms with Gasteiger partial charge in [0, 0.05) is 31.9 Å². The maximum absolute atomic E-state index is 13.2. The first kappa shape index (κ1) is 16.0. The van der Waals surface area contributed by atoms with E-state index in [1.165, 1.54) is 18.2 Å². The van der Waals surface area contributed by atoms with Gasteiger partial charge in [0.2, 0.25) is 0 Å². The molecule has 1 aliphatic rings. The molecule has 1 saturated heterocycles. The van der Waals surface area contributed by atoms with E-state index in [9.17, 15) is 9.18 Å². The molecule has 0 unspecified atom stereocenters. The fourth-order valence-corrected chi connectivity index (χ4v) is 3.40. The average Bonchev–Trinajstić information content (AvgIpc) is 3.03. The number of carbonyl (C=O) groups is 1. The van der Waals surface area contributed by atoms with Gasteiger partial charge >= 0.3 is 0 Å². The lowest BCUT2D eigenvalue weighted by atomic mass is 10.0. The number of imidazole rings is 1. The number of carbonyl (C=O) groups excluding carboxylic acids is 1. The van der Waals surface area contributed by atoms with E-state index in [-0.39, 0.29) is 17.0 Å². The Morgan fingerprint density at radius 3 is 3.04 bits per heavy atom. The molecule has 2 aromatic rings. The minimum absolute atomic E-state index is 0.141. The summed E-state index contributed by atoms with van der Waals surface area (Å²) in [6.07, 6.45) is 6.58. The van der Waals surface area contributed by atoms with Crippen molar-refractivity contribution in [2.24, 2.45) is 0 Å². The van der Waals surface area contributed by atoms with Crippen LogP contribution in [0.4, 0.5) is 4.39 Å². The molecule has 122 valence electrons. The van der Waals surface area contributed by atoms with Crippen LogP contribution in [-0.2, 0) is 6.42 Å². The Balaban J connectivity index is 1.79. The second-order valence-corrected chi connectivity index (χ2v) is 6.18. The van der Waals surface area contributed by atoms with E-state index in [4.69, 9.17) is 11.6 Å². The second kappa shape index (κ2) is 6.71. The van der Waals surface area contributed by atoms with Crippen molar-refractivity contribution in [3.8, 4) is 0 Å². The Kier molecular flexibility index (Phi) is 4.66. The summed E-state index contributed by atoms with van der Waals surface area (Å²) in [7, 11) is 0. The third-order valence-corrected chi connectivity index (χ3v) is 4.62. The Labute approximate surface area is 139 Å². The summed E-state index contributed by atoms with van der Waals surface area (Å²) in [4.78, 5) is 18.9. The zero-order valence-electron chi connectivity index (χ0n) is 13.0. The van der Waals surface area contributed by atoms with E-state index in [1.54, 1.807) is 11.1 Å². The summed E-state index contributed by atoms with van der Waals surface area (Å²) in [5.41, 5.74) is 0.357. The Morgan fingerprint density at radius 1 is 1.48 bits per heavy atom. The summed E-state index contributed by atoms with van der Waals surface area (Å²) in [6, 6.07) is 4.13. The Hall–Kier alpha value is -1.88. The molecule has 0 radical (unpaired) electrons. The van der Waals surface area contributed by atoms with E-state index in [1.807, 2.05) is 6.20 Å². The zero-order chi connectivity index (χ0) is 16.4. The van der Waals surface area contributed by atoms with Gasteiger partial charge in [0.15, 0.2) is 0 Å². The molecule has 4 nitrogen and oxygen atoms in total. The third-order valence-electron chi connectivity index (χ3n) is 4.30. The lowest BCUT2D eigenvalue weighted by Gasteiger charge is -2.34. The van der Waals surface area contributed by atoms with E-state index in [0.29, 0.717) is 18.7 Å². The number of amides is 1. The second-order valence-electron chi connectivity index (χ2n) is 5.78. The summed E-state index contributed by atoms with van der Waals surface area (Å²) in [6.45, 7) is 3.39. The van der Waals surface area contributed by atoms with Crippen LogP contribution >= 0.6 is 11.6 Å². The zero-order valence-corrected chi connectivity index (χ0v) is 13.8. The van der Waals surface area contributed by atoms with Gasteiger partial charge in [-0.2, -0.15) is 0 Å². The number of aromatic nitrogens is 2. The minimum Gasteiger partial charge on any atom is -0.337 e. The minimum atomic E-state index is -0.436. The molecule has 1 atom stereocenters. The number of piperidine rings is 1. The van der Waals surface area contributed by atoms with Crippen molar-refractivity contribution < 1.29 is 9.18 Å². The first-order chi connectivity index (χ1) is 11.1. The van der Waals surface area contributed by atoms with Crippen LogP contribution in [0.25, 0.3) is 0 Å². The molecule has 1 aliphatic heterocycles. The van der Waals surface area contributed by atoms with Gasteiger partial charge in [-0.3, -0.25) is 4.79 Å². The average molecular weight is 336 g/mol. The fraction of sp³-hybridized carbons (Fsp3) is 0.412. The number of aryl methyl sites for hydroxylation is 1. The van der Waals surface area contributed by atoms with Crippen molar-refractivity contribution in [1.29, 1.82) is 0 Å². The van der Waals surface area contributed by atoms with Gasteiger partial charge in [-0.25, -0.2) is 9.37 Å². The molecule has 1 aromatic carbocycles. The number of hydrogen-bond donors (Lipinski definition) is 0. The Bertz CT molecular complexity index is 716. The molecule has 23 heavy (non-hydrogen) atoms. The van der Waals surface area contributed by atoms with Gasteiger partial charge in [-0.05, 0) is 31.0 Å². The number of hydrogen-bond acceptors (Lipinski definition) is 2. The van der Waals surface area contributed by atoms with Crippen LogP contribution in [0.3, 0.4) is 0 Å². The highest BCUT2D eigenvalue weighted by atomic mass is 35.5. The van der Waals surface area contributed by atoms with E-state index >= 15 is 0 Å². The van der Waals surface area contributed by atoms with Crippen molar-refractivity contribution in [3.63, 3.8) is 0 Å². The SMILES string of the molecule is CCc1nccn1[C@H]1CCCN(C(=O)c2ccc(F)cc2Cl)C1. The number of halogens is 2. The first-order valence-corrected chi connectivity index (χ1v) is 8.24. The van der Waals surface area contributed by atoms with Gasteiger partial charge in [0.05, 0.1) is 16.6 Å². The van der Waals surface area contributed by atoms with Crippen LogP contribution in [0.15, 0.2) is 30.6 Å². The predicted molar refractivity (Wildman–Crippen MR) is 87.2 cm³/mol. The number of likely N-dealkylation sites (tertiary alicyclic amines) is 1. The third kappa shape index (κ3) is 3.24. The van der Waals surface area contributed by atoms with Crippen molar-refractivity contribution in [1.82, 2.24) is 14.5 Å². The predicted octanol–water partition coefficient (Wildman–Crippen LogP) is 3.72. The molecule has 1 amide bonds. The lowest BCUT2D eigenvalue weighted by Crippen LogP contribution is -2.41. The number of nitrogens with zero attached hydrogens (tertiary/aromatic N) is 3. The van der Waals surface area contributed by atoms with Crippen LogP contribution in [0, 0.1) is 5.82 Å². The maximum Gasteiger partial charge on any atom is 0.255 e. The summed E-state index contributed by atoms with van der Waals surface area (Å²) in [5.74, 6) is 0.455. The van der Waals surface area contributed by atoms with Crippen molar-refractivity contribution in [3.05, 3.63) is 52.8 Å². The molecule has 0 spiro atoms. The molecule has 6 heteroatoms. The van der Waals surface area contributed by atoms with Crippen LogP contribution in [0.5, 0.6) is 0 Å². The van der Waals surface area contributed by atoms with Gasteiger partial charge in [0.25, 0.3) is 5.91 Å². The maximum atomic E-state index is 13.2. The summed E-state index contributed by atoms with van der Waals surface area (Å²) in [5, 5.41) is 0.161. The van der Waals surface area contributed by atoms with Crippen LogP contribution in [0.2, 0.25) is 5.02 Å². The number of rotatable bonds is 3. The molecule has 0 aliphatic carbocycles. The van der Waals surface area contributed by atoms with Gasteiger partial charge in [0.1, 0.15) is 11.6 Å². The van der Waals surface area contributed by atoms with E-state index in [0.717, 1.165) is 25.1 Å². The van der Waals surface area contributed by atoms with Crippen molar-refractivity contribution >= 4 is 17.5 Å². The molecule has 3 rings (SSSR count). The largest absolute Gasteiger partial charge is 0.337 e.